The Morgan fingerprint density at radius 2 is 2.17 bits per heavy atom. The van der Waals surface area contributed by atoms with Gasteiger partial charge in [-0.2, -0.15) is 4.98 Å². The standard InChI is InChI=1S/C13H20N6O3S/c1-18(2)23(20,21)7-9-5-22-6-11(9)16-13-14-4-10-12(17-13)19(3)8-15-10/h4,8-9,11H,5-7H2,1-3H3,(H,14,16,17)/t9-,11-/m0/s1. The van der Waals surface area contributed by atoms with Gasteiger partial charge in [0, 0.05) is 27.1 Å². The molecule has 10 heteroatoms. The van der Waals surface area contributed by atoms with Crippen LogP contribution >= 0.6 is 0 Å². The molecule has 3 rings (SSSR count). The summed E-state index contributed by atoms with van der Waals surface area (Å²) in [5.41, 5.74) is 1.44. The number of nitrogens with one attached hydrogen (secondary N) is 1. The lowest BCUT2D eigenvalue weighted by atomic mass is 10.1. The van der Waals surface area contributed by atoms with Gasteiger partial charge in [0.25, 0.3) is 0 Å². The van der Waals surface area contributed by atoms with Gasteiger partial charge in [-0.25, -0.2) is 22.7 Å². The Kier molecular flexibility index (Phi) is 4.21. The Balaban J connectivity index is 1.76. The molecule has 3 heterocycles. The Labute approximate surface area is 134 Å². The minimum absolute atomic E-state index is 0.0334. The molecule has 23 heavy (non-hydrogen) atoms. The average molecular weight is 340 g/mol. The highest BCUT2D eigenvalue weighted by Gasteiger charge is 2.33. The van der Waals surface area contributed by atoms with Crippen LogP contribution in [0, 0.1) is 5.92 Å². The molecule has 9 nitrogen and oxygen atoms in total. The van der Waals surface area contributed by atoms with Crippen molar-refractivity contribution in [3.63, 3.8) is 0 Å². The van der Waals surface area contributed by atoms with Crippen molar-refractivity contribution in [1.82, 2.24) is 23.8 Å². The van der Waals surface area contributed by atoms with E-state index in [1.54, 1.807) is 17.1 Å². The van der Waals surface area contributed by atoms with Gasteiger partial charge in [-0.3, -0.25) is 0 Å². The van der Waals surface area contributed by atoms with Gasteiger partial charge in [-0.05, 0) is 0 Å². The number of rotatable bonds is 5. The molecule has 2 aromatic heterocycles. The van der Waals surface area contributed by atoms with E-state index in [0.29, 0.717) is 24.7 Å². The van der Waals surface area contributed by atoms with E-state index in [1.807, 2.05) is 7.05 Å². The van der Waals surface area contributed by atoms with Crippen LogP contribution in [0.3, 0.4) is 0 Å². The van der Waals surface area contributed by atoms with Crippen molar-refractivity contribution in [2.24, 2.45) is 13.0 Å². The molecule has 2 atom stereocenters. The zero-order valence-electron chi connectivity index (χ0n) is 13.3. The van der Waals surface area contributed by atoms with Crippen LogP contribution in [0.4, 0.5) is 5.95 Å². The number of imidazole rings is 1. The molecule has 0 aliphatic carbocycles. The van der Waals surface area contributed by atoms with E-state index < -0.39 is 10.0 Å². The number of hydrogen-bond acceptors (Lipinski definition) is 7. The van der Waals surface area contributed by atoms with Gasteiger partial charge < -0.3 is 14.6 Å². The number of nitrogens with zero attached hydrogens (tertiary/aromatic N) is 5. The molecular weight excluding hydrogens is 320 g/mol. The predicted molar refractivity (Wildman–Crippen MR) is 85.5 cm³/mol. The van der Waals surface area contributed by atoms with E-state index in [2.05, 4.69) is 20.3 Å². The number of ether oxygens (including phenoxy) is 1. The first-order valence-corrected chi connectivity index (χ1v) is 8.86. The van der Waals surface area contributed by atoms with Gasteiger partial charge in [0.1, 0.15) is 5.52 Å². The fourth-order valence-electron chi connectivity index (χ4n) is 2.50. The Hall–Kier alpha value is -1.78. The highest BCUT2D eigenvalue weighted by atomic mass is 32.2. The molecule has 1 fully saturated rings. The molecule has 0 aromatic carbocycles. The lowest BCUT2D eigenvalue weighted by Gasteiger charge is -2.20. The van der Waals surface area contributed by atoms with Crippen LogP contribution < -0.4 is 5.32 Å². The highest BCUT2D eigenvalue weighted by Crippen LogP contribution is 2.20. The first-order chi connectivity index (χ1) is 10.9. The predicted octanol–water partition coefficient (Wildman–Crippen LogP) is -0.318. The van der Waals surface area contributed by atoms with E-state index in [9.17, 15) is 8.42 Å². The second-order valence-electron chi connectivity index (χ2n) is 5.87. The number of anilines is 1. The molecule has 0 saturated carbocycles. The van der Waals surface area contributed by atoms with Crippen LogP contribution in [0.15, 0.2) is 12.5 Å². The fraction of sp³-hybridized carbons (Fsp3) is 0.615. The summed E-state index contributed by atoms with van der Waals surface area (Å²) in [6.07, 6.45) is 3.32. The van der Waals surface area contributed by atoms with Crippen LogP contribution in [0.25, 0.3) is 11.2 Å². The maximum absolute atomic E-state index is 12.1. The summed E-state index contributed by atoms with van der Waals surface area (Å²) in [4.78, 5) is 12.8. The van der Waals surface area contributed by atoms with E-state index in [-0.39, 0.29) is 17.7 Å². The zero-order valence-corrected chi connectivity index (χ0v) is 14.1. The first kappa shape index (κ1) is 16.1. The molecule has 1 aliphatic rings. The monoisotopic (exact) mass is 340 g/mol. The second kappa shape index (κ2) is 6.02. The molecule has 0 bridgehead atoms. The number of fused-ring (bicyclic) bond motifs is 1. The van der Waals surface area contributed by atoms with Crippen molar-refractivity contribution in [2.45, 2.75) is 6.04 Å². The summed E-state index contributed by atoms with van der Waals surface area (Å²) in [6, 6.07) is -0.143. The van der Waals surface area contributed by atoms with Crippen LogP contribution in [-0.2, 0) is 21.8 Å². The van der Waals surface area contributed by atoms with E-state index >= 15 is 0 Å². The summed E-state index contributed by atoms with van der Waals surface area (Å²) in [5, 5.41) is 3.19. The quantitative estimate of drug-likeness (QED) is 0.796. The Morgan fingerprint density at radius 3 is 2.91 bits per heavy atom. The molecule has 0 amide bonds. The number of sulfonamides is 1. The summed E-state index contributed by atoms with van der Waals surface area (Å²) in [5.74, 6) is 0.336. The van der Waals surface area contributed by atoms with Gasteiger partial charge in [0.15, 0.2) is 5.65 Å². The van der Waals surface area contributed by atoms with Gasteiger partial charge in [0.05, 0.1) is 37.5 Å². The average Bonchev–Trinajstić information content (AvgIpc) is 3.06. The van der Waals surface area contributed by atoms with Crippen molar-refractivity contribution >= 4 is 27.1 Å². The number of hydrogen-bond donors (Lipinski definition) is 1. The lowest BCUT2D eigenvalue weighted by Crippen LogP contribution is -2.37. The highest BCUT2D eigenvalue weighted by molar-refractivity contribution is 7.89. The molecule has 1 aliphatic heterocycles. The summed E-state index contributed by atoms with van der Waals surface area (Å²) in [7, 11) is 1.65. The van der Waals surface area contributed by atoms with Crippen molar-refractivity contribution in [2.75, 3.05) is 38.4 Å². The van der Waals surface area contributed by atoms with Crippen LogP contribution in [0.5, 0.6) is 0 Å². The molecule has 0 unspecified atom stereocenters. The Bertz CT molecular complexity index is 803. The van der Waals surface area contributed by atoms with Crippen molar-refractivity contribution in [3.8, 4) is 0 Å². The van der Waals surface area contributed by atoms with Crippen LogP contribution in [-0.4, -0.2) is 71.3 Å². The zero-order chi connectivity index (χ0) is 16.6. The second-order valence-corrected chi connectivity index (χ2v) is 8.09. The van der Waals surface area contributed by atoms with Crippen LogP contribution in [0.2, 0.25) is 0 Å². The van der Waals surface area contributed by atoms with E-state index in [0.717, 1.165) is 5.65 Å². The third-order valence-corrected chi connectivity index (χ3v) is 5.91. The molecule has 126 valence electrons. The molecule has 2 aromatic rings. The summed E-state index contributed by atoms with van der Waals surface area (Å²) in [6.45, 7) is 0.832. The van der Waals surface area contributed by atoms with Gasteiger partial charge in [-0.1, -0.05) is 0 Å². The van der Waals surface area contributed by atoms with Gasteiger partial charge >= 0.3 is 0 Å². The van der Waals surface area contributed by atoms with Crippen molar-refractivity contribution < 1.29 is 13.2 Å². The lowest BCUT2D eigenvalue weighted by molar-refractivity contribution is 0.187. The maximum Gasteiger partial charge on any atom is 0.225 e. The normalized spacial score (nSPS) is 22.1. The Morgan fingerprint density at radius 1 is 1.39 bits per heavy atom. The topological polar surface area (TPSA) is 102 Å². The minimum atomic E-state index is -3.28. The molecule has 1 N–H and O–H groups in total. The van der Waals surface area contributed by atoms with Crippen molar-refractivity contribution in [3.05, 3.63) is 12.5 Å². The van der Waals surface area contributed by atoms with Crippen molar-refractivity contribution in [1.29, 1.82) is 0 Å². The molecule has 0 radical (unpaired) electrons. The summed E-state index contributed by atoms with van der Waals surface area (Å²) < 4.78 is 32.6. The molecule has 0 spiro atoms. The first-order valence-electron chi connectivity index (χ1n) is 7.25. The van der Waals surface area contributed by atoms with E-state index in [4.69, 9.17) is 4.74 Å². The third-order valence-electron chi connectivity index (χ3n) is 3.95. The largest absolute Gasteiger partial charge is 0.379 e. The number of aromatic nitrogens is 4. The minimum Gasteiger partial charge on any atom is -0.379 e. The summed E-state index contributed by atoms with van der Waals surface area (Å²) >= 11 is 0. The van der Waals surface area contributed by atoms with Gasteiger partial charge in [-0.15, -0.1) is 0 Å². The van der Waals surface area contributed by atoms with Gasteiger partial charge in [0.2, 0.25) is 16.0 Å². The SMILES string of the molecule is CN(C)S(=O)(=O)C[C@@H]1COC[C@@H]1Nc1ncc2ncn(C)c2n1. The third kappa shape index (κ3) is 3.28. The van der Waals surface area contributed by atoms with E-state index in [1.165, 1.54) is 18.4 Å². The fourth-order valence-corrected chi connectivity index (χ4v) is 3.67. The molecular formula is C13H20N6O3S. The number of aryl methyl sites for hydroxylation is 1. The van der Waals surface area contributed by atoms with Crippen LogP contribution in [0.1, 0.15) is 0 Å². The molecule has 1 saturated heterocycles. The smallest absolute Gasteiger partial charge is 0.225 e. The maximum atomic E-state index is 12.1.